The Labute approximate surface area is 146 Å². The van der Waals surface area contributed by atoms with Crippen LogP contribution < -0.4 is 16.1 Å². The average Bonchev–Trinajstić information content (AvgIpc) is 2.61. The standard InChI is InChI=1S/C20H23N2PSi/c1-24(2,3)18-10-8-9-17(15-18)16-23(19-11-4-6-13-21-19)20-12-5-7-14-22-20/h4-15H,16H2,1-3H3. The lowest BCUT2D eigenvalue weighted by atomic mass is 10.2. The molecule has 2 aromatic heterocycles. The lowest BCUT2D eigenvalue weighted by molar-refractivity contribution is 1.34. The summed E-state index contributed by atoms with van der Waals surface area (Å²) in [7, 11) is -1.88. The molecule has 3 aromatic rings. The largest absolute Gasteiger partial charge is 0.256 e. The van der Waals surface area contributed by atoms with Gasteiger partial charge in [-0.2, -0.15) is 0 Å². The van der Waals surface area contributed by atoms with Crippen LogP contribution in [-0.2, 0) is 6.16 Å². The van der Waals surface area contributed by atoms with Gasteiger partial charge in [-0.1, -0.05) is 61.2 Å². The molecule has 122 valence electrons. The fourth-order valence-corrected chi connectivity index (χ4v) is 5.90. The Hall–Kier alpha value is -1.83. The van der Waals surface area contributed by atoms with Gasteiger partial charge in [0.2, 0.25) is 0 Å². The molecule has 2 heterocycles. The lowest BCUT2D eigenvalue weighted by Crippen LogP contribution is -2.37. The van der Waals surface area contributed by atoms with Crippen molar-refractivity contribution in [1.29, 1.82) is 0 Å². The molecule has 0 aliphatic rings. The van der Waals surface area contributed by atoms with Gasteiger partial charge < -0.3 is 0 Å². The number of aromatic nitrogens is 2. The molecule has 0 spiro atoms. The molecule has 1 aromatic carbocycles. The molecule has 0 fully saturated rings. The van der Waals surface area contributed by atoms with Gasteiger partial charge in [0, 0.05) is 26.5 Å². The molecule has 0 N–H and O–H groups in total. The Bertz CT molecular complexity index is 746. The average molecular weight is 350 g/mol. The van der Waals surface area contributed by atoms with Gasteiger partial charge in [-0.25, -0.2) is 0 Å². The third kappa shape index (κ3) is 4.17. The molecule has 0 saturated carbocycles. The monoisotopic (exact) mass is 350 g/mol. The summed E-state index contributed by atoms with van der Waals surface area (Å²) in [6.45, 7) is 7.19. The van der Waals surface area contributed by atoms with Gasteiger partial charge in [0.25, 0.3) is 0 Å². The second-order valence-electron chi connectivity index (χ2n) is 6.91. The molecule has 0 amide bonds. The van der Waals surface area contributed by atoms with Crippen LogP contribution in [0.2, 0.25) is 19.6 Å². The summed E-state index contributed by atoms with van der Waals surface area (Å²) in [4.78, 5) is 9.24. The molecule has 0 radical (unpaired) electrons. The van der Waals surface area contributed by atoms with Crippen LogP contribution in [0, 0.1) is 0 Å². The first-order chi connectivity index (χ1) is 11.5. The van der Waals surface area contributed by atoms with Crippen molar-refractivity contribution in [3.05, 3.63) is 78.6 Å². The summed E-state index contributed by atoms with van der Waals surface area (Å²) in [6.07, 6.45) is 4.75. The second-order valence-corrected chi connectivity index (χ2v) is 14.1. The molecule has 0 atom stereocenters. The molecule has 0 saturated heterocycles. The Morgan fingerprint density at radius 1 is 0.792 bits per heavy atom. The quantitative estimate of drug-likeness (QED) is 0.518. The second kappa shape index (κ2) is 7.37. The van der Waals surface area contributed by atoms with E-state index in [1.54, 1.807) is 0 Å². The predicted octanol–water partition coefficient (Wildman–Crippen LogP) is 3.65. The van der Waals surface area contributed by atoms with Gasteiger partial charge in [-0.15, -0.1) is 0 Å². The molecule has 4 heteroatoms. The minimum atomic E-state index is -1.30. The maximum absolute atomic E-state index is 4.62. The maximum atomic E-state index is 4.62. The Balaban J connectivity index is 1.96. The van der Waals surface area contributed by atoms with Crippen molar-refractivity contribution in [1.82, 2.24) is 9.97 Å². The van der Waals surface area contributed by atoms with Crippen LogP contribution in [0.5, 0.6) is 0 Å². The van der Waals surface area contributed by atoms with E-state index in [4.69, 9.17) is 0 Å². The van der Waals surface area contributed by atoms with E-state index in [0.29, 0.717) is 0 Å². The van der Waals surface area contributed by atoms with E-state index in [1.807, 2.05) is 24.5 Å². The molecule has 2 nitrogen and oxygen atoms in total. The minimum absolute atomic E-state index is 0.582. The molecule has 0 unspecified atom stereocenters. The summed E-state index contributed by atoms with van der Waals surface area (Å²) in [5.74, 6) is 0. The number of hydrogen-bond donors (Lipinski definition) is 0. The van der Waals surface area contributed by atoms with Crippen molar-refractivity contribution in [3.8, 4) is 0 Å². The Morgan fingerprint density at radius 2 is 1.42 bits per heavy atom. The zero-order chi connectivity index (χ0) is 17.0. The van der Waals surface area contributed by atoms with E-state index in [0.717, 1.165) is 17.0 Å². The summed E-state index contributed by atoms with van der Waals surface area (Å²) in [6, 6.07) is 21.5. The highest BCUT2D eigenvalue weighted by molar-refractivity contribution is 7.71. The topological polar surface area (TPSA) is 25.8 Å². The Kier molecular flexibility index (Phi) is 5.23. The van der Waals surface area contributed by atoms with Gasteiger partial charge in [-0.3, -0.25) is 9.97 Å². The molecule has 0 aliphatic carbocycles. The number of nitrogens with zero attached hydrogens (tertiary/aromatic N) is 2. The van der Waals surface area contributed by atoms with Crippen molar-refractivity contribution in [2.75, 3.05) is 0 Å². The van der Waals surface area contributed by atoms with Crippen LogP contribution in [0.25, 0.3) is 0 Å². The maximum Gasteiger partial charge on any atom is 0.0776 e. The SMILES string of the molecule is C[Si](C)(C)c1cccc(CP(c2ccccn2)c2ccccn2)c1. The van der Waals surface area contributed by atoms with Crippen molar-refractivity contribution < 1.29 is 0 Å². The van der Waals surface area contributed by atoms with Crippen molar-refractivity contribution >= 4 is 32.1 Å². The number of hydrogen-bond acceptors (Lipinski definition) is 2. The van der Waals surface area contributed by atoms with E-state index in [1.165, 1.54) is 10.8 Å². The normalized spacial score (nSPS) is 11.7. The molecular weight excluding hydrogens is 327 g/mol. The third-order valence-corrected chi connectivity index (χ3v) is 8.35. The van der Waals surface area contributed by atoms with Gasteiger partial charge in [-0.05, 0) is 29.8 Å². The summed E-state index contributed by atoms with van der Waals surface area (Å²) in [5, 5.41) is 1.51. The molecule has 3 rings (SSSR count). The summed E-state index contributed by atoms with van der Waals surface area (Å²) in [5.41, 5.74) is 3.67. The van der Waals surface area contributed by atoms with Gasteiger partial charge in [0.05, 0.1) is 18.9 Å². The van der Waals surface area contributed by atoms with Crippen LogP contribution in [0.3, 0.4) is 0 Å². The summed E-state index contributed by atoms with van der Waals surface area (Å²) < 4.78 is 0. The first kappa shape index (κ1) is 17.0. The number of benzene rings is 1. The molecule has 0 bridgehead atoms. The first-order valence-corrected chi connectivity index (χ1v) is 13.3. The van der Waals surface area contributed by atoms with E-state index in [9.17, 15) is 0 Å². The highest BCUT2D eigenvalue weighted by atomic mass is 31.1. The highest BCUT2D eigenvalue weighted by Crippen LogP contribution is 2.36. The minimum Gasteiger partial charge on any atom is -0.256 e. The smallest absolute Gasteiger partial charge is 0.0776 e. The highest BCUT2D eigenvalue weighted by Gasteiger charge is 2.20. The zero-order valence-electron chi connectivity index (χ0n) is 14.5. The molecule has 24 heavy (non-hydrogen) atoms. The van der Waals surface area contributed by atoms with Crippen LogP contribution >= 0.6 is 7.92 Å². The van der Waals surface area contributed by atoms with Gasteiger partial charge >= 0.3 is 0 Å². The zero-order valence-corrected chi connectivity index (χ0v) is 16.4. The fourth-order valence-electron chi connectivity index (χ4n) is 2.62. The number of pyridine rings is 2. The van der Waals surface area contributed by atoms with Gasteiger partial charge in [0.15, 0.2) is 0 Å². The van der Waals surface area contributed by atoms with Gasteiger partial charge in [0.1, 0.15) is 0 Å². The van der Waals surface area contributed by atoms with Crippen molar-refractivity contribution in [3.63, 3.8) is 0 Å². The van der Waals surface area contributed by atoms with E-state index in [-0.39, 0.29) is 0 Å². The Morgan fingerprint density at radius 3 is 1.92 bits per heavy atom. The van der Waals surface area contributed by atoms with Crippen molar-refractivity contribution in [2.45, 2.75) is 25.8 Å². The number of rotatable bonds is 5. The first-order valence-electron chi connectivity index (χ1n) is 8.23. The third-order valence-electron chi connectivity index (χ3n) is 3.99. The van der Waals surface area contributed by atoms with E-state index in [2.05, 4.69) is 78.1 Å². The van der Waals surface area contributed by atoms with Crippen LogP contribution in [0.15, 0.2) is 73.1 Å². The fraction of sp³-hybridized carbons (Fsp3) is 0.200. The van der Waals surface area contributed by atoms with E-state index >= 15 is 0 Å². The molecule has 0 aliphatic heterocycles. The van der Waals surface area contributed by atoms with E-state index < -0.39 is 16.0 Å². The summed E-state index contributed by atoms with van der Waals surface area (Å²) >= 11 is 0. The van der Waals surface area contributed by atoms with Crippen LogP contribution in [-0.4, -0.2) is 18.0 Å². The van der Waals surface area contributed by atoms with Crippen LogP contribution in [0.4, 0.5) is 0 Å². The molecular formula is C20H23N2PSi. The van der Waals surface area contributed by atoms with Crippen molar-refractivity contribution in [2.24, 2.45) is 0 Å². The van der Waals surface area contributed by atoms with Crippen LogP contribution in [0.1, 0.15) is 5.56 Å². The lowest BCUT2D eigenvalue weighted by Gasteiger charge is -2.20. The predicted molar refractivity (Wildman–Crippen MR) is 108 cm³/mol.